The molecule has 1 aliphatic rings. The fourth-order valence-corrected chi connectivity index (χ4v) is 1.71. The van der Waals surface area contributed by atoms with Crippen LogP contribution in [-0.4, -0.2) is 30.5 Å². The van der Waals surface area contributed by atoms with Crippen molar-refractivity contribution in [3.05, 3.63) is 23.4 Å². The van der Waals surface area contributed by atoms with Gasteiger partial charge >= 0.3 is 0 Å². The van der Waals surface area contributed by atoms with Crippen molar-refractivity contribution in [1.29, 1.82) is 5.26 Å². The summed E-state index contributed by atoms with van der Waals surface area (Å²) in [5.41, 5.74) is 1.34. The van der Waals surface area contributed by atoms with Crippen LogP contribution in [0.3, 0.4) is 0 Å². The molecule has 1 amide bonds. The highest BCUT2D eigenvalue weighted by molar-refractivity contribution is 5.81. The first-order chi connectivity index (χ1) is 8.58. The summed E-state index contributed by atoms with van der Waals surface area (Å²) < 4.78 is 0. The van der Waals surface area contributed by atoms with E-state index in [9.17, 15) is 4.79 Å². The Morgan fingerprint density at radius 3 is 2.94 bits per heavy atom. The number of aromatic nitrogens is 1. The molecule has 0 saturated heterocycles. The zero-order valence-electron chi connectivity index (χ0n) is 10.6. The average Bonchev–Trinajstić information content (AvgIpc) is 3.11. The average molecular weight is 244 g/mol. The van der Waals surface area contributed by atoms with Crippen LogP contribution in [0.25, 0.3) is 0 Å². The van der Waals surface area contributed by atoms with Gasteiger partial charge in [-0.2, -0.15) is 5.26 Å². The molecule has 94 valence electrons. The van der Waals surface area contributed by atoms with E-state index in [1.165, 1.54) is 0 Å². The molecule has 1 aliphatic carbocycles. The van der Waals surface area contributed by atoms with Gasteiger partial charge in [-0.1, -0.05) is 0 Å². The van der Waals surface area contributed by atoms with Gasteiger partial charge in [0.1, 0.15) is 5.82 Å². The van der Waals surface area contributed by atoms with Gasteiger partial charge in [0.05, 0.1) is 18.2 Å². The first kappa shape index (κ1) is 12.4. The number of carbonyl (C=O) groups is 1. The number of likely N-dealkylation sites (N-methyl/N-ethyl adjacent to an activating group) is 1. The summed E-state index contributed by atoms with van der Waals surface area (Å²) in [6.45, 7) is 2.10. The van der Waals surface area contributed by atoms with Crippen molar-refractivity contribution in [2.45, 2.75) is 25.8 Å². The van der Waals surface area contributed by atoms with Crippen molar-refractivity contribution >= 4 is 11.7 Å². The predicted molar refractivity (Wildman–Crippen MR) is 68.1 cm³/mol. The summed E-state index contributed by atoms with van der Waals surface area (Å²) in [5.74, 6) is 0.652. The molecule has 0 unspecified atom stereocenters. The molecule has 0 aromatic carbocycles. The number of aryl methyl sites for hydroxylation is 1. The number of nitriles is 1. The smallest absolute Gasteiger partial charge is 0.239 e. The Labute approximate surface area is 106 Å². The fraction of sp³-hybridized carbons (Fsp3) is 0.462. The minimum absolute atomic E-state index is 0.00168. The van der Waals surface area contributed by atoms with Crippen LogP contribution in [0.15, 0.2) is 12.1 Å². The Bertz CT molecular complexity index is 502. The SMILES string of the molecule is Cc1cc(C#N)cc(N(C)CC(=O)NC2CC2)n1. The van der Waals surface area contributed by atoms with Crippen LogP contribution in [-0.2, 0) is 4.79 Å². The molecule has 0 spiro atoms. The summed E-state index contributed by atoms with van der Waals surface area (Å²) in [4.78, 5) is 17.8. The van der Waals surface area contributed by atoms with Crippen LogP contribution in [0.2, 0.25) is 0 Å². The van der Waals surface area contributed by atoms with Crippen LogP contribution < -0.4 is 10.2 Å². The summed E-state index contributed by atoms with van der Waals surface area (Å²) in [6, 6.07) is 5.87. The number of rotatable bonds is 4. The molecule has 5 heteroatoms. The van der Waals surface area contributed by atoms with Gasteiger partial charge in [0, 0.05) is 18.8 Å². The number of hydrogen-bond donors (Lipinski definition) is 1. The molecule has 0 bridgehead atoms. The normalized spacial score (nSPS) is 13.8. The quantitative estimate of drug-likeness (QED) is 0.857. The van der Waals surface area contributed by atoms with Gasteiger partial charge in [-0.15, -0.1) is 0 Å². The molecular weight excluding hydrogens is 228 g/mol. The third kappa shape index (κ3) is 3.20. The van der Waals surface area contributed by atoms with E-state index in [0.717, 1.165) is 18.5 Å². The van der Waals surface area contributed by atoms with Crippen molar-refractivity contribution in [2.75, 3.05) is 18.5 Å². The lowest BCUT2D eigenvalue weighted by molar-refractivity contribution is -0.119. The molecule has 1 aromatic heterocycles. The molecular formula is C13H16N4O. The number of pyridine rings is 1. The number of anilines is 1. The largest absolute Gasteiger partial charge is 0.352 e. The number of amides is 1. The van der Waals surface area contributed by atoms with Gasteiger partial charge in [0.15, 0.2) is 0 Å². The fourth-order valence-electron chi connectivity index (χ4n) is 1.71. The molecule has 0 aliphatic heterocycles. The highest BCUT2D eigenvalue weighted by atomic mass is 16.2. The van der Waals surface area contributed by atoms with Crippen molar-refractivity contribution in [1.82, 2.24) is 10.3 Å². The summed E-state index contributed by atoms with van der Waals surface area (Å²) in [5, 5.41) is 11.8. The lowest BCUT2D eigenvalue weighted by atomic mass is 10.2. The molecule has 1 heterocycles. The first-order valence-corrected chi connectivity index (χ1v) is 5.98. The third-order valence-electron chi connectivity index (χ3n) is 2.78. The van der Waals surface area contributed by atoms with Gasteiger partial charge in [-0.25, -0.2) is 4.98 Å². The molecule has 1 N–H and O–H groups in total. The van der Waals surface area contributed by atoms with Crippen LogP contribution in [0.1, 0.15) is 24.1 Å². The lowest BCUT2D eigenvalue weighted by Gasteiger charge is -2.18. The highest BCUT2D eigenvalue weighted by Gasteiger charge is 2.23. The number of nitrogens with one attached hydrogen (secondary N) is 1. The summed E-state index contributed by atoms with van der Waals surface area (Å²) in [6.07, 6.45) is 2.16. The molecule has 1 saturated carbocycles. The molecule has 0 atom stereocenters. The van der Waals surface area contributed by atoms with Crippen LogP contribution in [0.4, 0.5) is 5.82 Å². The molecule has 2 rings (SSSR count). The van der Waals surface area contributed by atoms with Gasteiger partial charge in [-0.05, 0) is 31.9 Å². The van der Waals surface area contributed by atoms with Crippen molar-refractivity contribution in [3.8, 4) is 6.07 Å². The van der Waals surface area contributed by atoms with Crippen molar-refractivity contribution < 1.29 is 4.79 Å². The minimum Gasteiger partial charge on any atom is -0.352 e. The summed E-state index contributed by atoms with van der Waals surface area (Å²) in [7, 11) is 1.80. The van der Waals surface area contributed by atoms with E-state index in [0.29, 0.717) is 17.4 Å². The van der Waals surface area contributed by atoms with E-state index in [-0.39, 0.29) is 12.5 Å². The zero-order valence-corrected chi connectivity index (χ0v) is 10.6. The maximum Gasteiger partial charge on any atom is 0.239 e. The second kappa shape index (κ2) is 5.05. The Hall–Kier alpha value is -2.09. The maximum atomic E-state index is 11.7. The first-order valence-electron chi connectivity index (χ1n) is 5.98. The number of nitrogens with zero attached hydrogens (tertiary/aromatic N) is 3. The zero-order chi connectivity index (χ0) is 13.1. The van der Waals surface area contributed by atoms with E-state index in [1.807, 2.05) is 6.92 Å². The van der Waals surface area contributed by atoms with E-state index in [1.54, 1.807) is 24.1 Å². The van der Waals surface area contributed by atoms with Crippen molar-refractivity contribution in [2.24, 2.45) is 0 Å². The third-order valence-corrected chi connectivity index (χ3v) is 2.78. The van der Waals surface area contributed by atoms with Gasteiger partial charge < -0.3 is 10.2 Å². The maximum absolute atomic E-state index is 11.7. The van der Waals surface area contributed by atoms with Crippen LogP contribution in [0.5, 0.6) is 0 Å². The second-order valence-corrected chi connectivity index (χ2v) is 4.67. The molecule has 18 heavy (non-hydrogen) atoms. The van der Waals surface area contributed by atoms with Crippen LogP contribution in [0, 0.1) is 18.3 Å². The van der Waals surface area contributed by atoms with E-state index in [4.69, 9.17) is 5.26 Å². The van der Waals surface area contributed by atoms with Crippen molar-refractivity contribution in [3.63, 3.8) is 0 Å². The molecule has 1 aromatic rings. The van der Waals surface area contributed by atoms with Gasteiger partial charge in [0.25, 0.3) is 0 Å². The van der Waals surface area contributed by atoms with E-state index < -0.39 is 0 Å². The van der Waals surface area contributed by atoms with E-state index >= 15 is 0 Å². The topological polar surface area (TPSA) is 69.0 Å². The van der Waals surface area contributed by atoms with Gasteiger partial charge in [0.2, 0.25) is 5.91 Å². The lowest BCUT2D eigenvalue weighted by Crippen LogP contribution is -2.36. The minimum atomic E-state index is 0.00168. The summed E-state index contributed by atoms with van der Waals surface area (Å²) >= 11 is 0. The Kier molecular flexibility index (Phi) is 3.47. The molecule has 5 nitrogen and oxygen atoms in total. The Morgan fingerprint density at radius 2 is 2.33 bits per heavy atom. The standard InChI is InChI=1S/C13H16N4O/c1-9-5-10(7-14)6-12(15-9)17(2)8-13(18)16-11-3-4-11/h5-6,11H,3-4,8H2,1-2H3,(H,16,18). The monoisotopic (exact) mass is 244 g/mol. The molecule has 1 fully saturated rings. The Balaban J connectivity index is 2.03. The van der Waals surface area contributed by atoms with Gasteiger partial charge in [-0.3, -0.25) is 4.79 Å². The Morgan fingerprint density at radius 1 is 1.61 bits per heavy atom. The van der Waals surface area contributed by atoms with E-state index in [2.05, 4.69) is 16.4 Å². The number of carbonyl (C=O) groups excluding carboxylic acids is 1. The second-order valence-electron chi connectivity index (χ2n) is 4.67. The highest BCUT2D eigenvalue weighted by Crippen LogP contribution is 2.18. The predicted octanol–water partition coefficient (Wildman–Crippen LogP) is 0.976. The molecule has 0 radical (unpaired) electrons. The number of hydrogen-bond acceptors (Lipinski definition) is 4. The van der Waals surface area contributed by atoms with Crippen LogP contribution >= 0.6 is 0 Å².